The average Bonchev–Trinajstić information content (AvgIpc) is 3.09. The van der Waals surface area contributed by atoms with E-state index in [-0.39, 0.29) is 24.2 Å². The molecule has 2 aromatic carbocycles. The van der Waals surface area contributed by atoms with E-state index in [1.165, 1.54) is 0 Å². The summed E-state index contributed by atoms with van der Waals surface area (Å²) in [6.07, 6.45) is 0. The molecule has 0 bridgehead atoms. The molecule has 3 rings (SSSR count). The quantitative estimate of drug-likeness (QED) is 0.630. The molecule has 1 heterocycles. The van der Waals surface area contributed by atoms with Gasteiger partial charge < -0.3 is 19.3 Å². The summed E-state index contributed by atoms with van der Waals surface area (Å²) >= 11 is 0. The van der Waals surface area contributed by atoms with Crippen LogP contribution in [0.3, 0.4) is 0 Å². The standard InChI is InChI=1S/C23H26N2O4/c1-14-7-6-8-21(15(14)2)28-13-20-17(4)29-25-22(20)23(26)24-16(3)18-9-11-19(27-5)12-10-18/h6-12,16H,13H2,1-5H3,(H,24,26). The van der Waals surface area contributed by atoms with Gasteiger partial charge in [0.25, 0.3) is 5.91 Å². The van der Waals surface area contributed by atoms with E-state index in [0.29, 0.717) is 11.3 Å². The summed E-state index contributed by atoms with van der Waals surface area (Å²) in [6, 6.07) is 13.3. The number of ether oxygens (including phenoxy) is 2. The first-order valence-corrected chi connectivity index (χ1v) is 9.49. The number of benzene rings is 2. The lowest BCUT2D eigenvalue weighted by atomic mass is 10.1. The highest BCUT2D eigenvalue weighted by atomic mass is 16.5. The van der Waals surface area contributed by atoms with Gasteiger partial charge in [0.1, 0.15) is 23.9 Å². The fourth-order valence-corrected chi connectivity index (χ4v) is 3.01. The van der Waals surface area contributed by atoms with Crippen LogP contribution in [0.15, 0.2) is 47.0 Å². The smallest absolute Gasteiger partial charge is 0.274 e. The molecule has 0 aliphatic carbocycles. The predicted octanol–water partition coefficient (Wildman–Crippen LogP) is 4.68. The molecule has 0 spiro atoms. The highest BCUT2D eigenvalue weighted by Gasteiger charge is 2.22. The molecule has 0 saturated carbocycles. The van der Waals surface area contributed by atoms with Crippen LogP contribution in [0, 0.1) is 20.8 Å². The normalized spacial score (nSPS) is 11.8. The van der Waals surface area contributed by atoms with Crippen molar-refractivity contribution in [3.63, 3.8) is 0 Å². The lowest BCUT2D eigenvalue weighted by Gasteiger charge is -2.15. The number of nitrogens with one attached hydrogen (secondary N) is 1. The van der Waals surface area contributed by atoms with Gasteiger partial charge in [-0.2, -0.15) is 0 Å². The van der Waals surface area contributed by atoms with Crippen LogP contribution in [-0.2, 0) is 6.61 Å². The van der Waals surface area contributed by atoms with E-state index in [1.54, 1.807) is 14.0 Å². The van der Waals surface area contributed by atoms with Crippen molar-refractivity contribution < 1.29 is 18.8 Å². The van der Waals surface area contributed by atoms with Crippen molar-refractivity contribution in [3.05, 3.63) is 76.2 Å². The van der Waals surface area contributed by atoms with E-state index in [2.05, 4.69) is 10.5 Å². The molecule has 3 aromatic rings. The number of rotatable bonds is 7. The third kappa shape index (κ3) is 4.59. The molecule has 1 N–H and O–H groups in total. The molecular formula is C23H26N2O4. The summed E-state index contributed by atoms with van der Waals surface area (Å²) in [5, 5.41) is 6.92. The van der Waals surface area contributed by atoms with Crippen LogP contribution in [0.1, 0.15) is 51.5 Å². The minimum Gasteiger partial charge on any atom is -0.497 e. The number of aryl methyl sites for hydroxylation is 2. The minimum atomic E-state index is -0.301. The molecule has 6 heteroatoms. The monoisotopic (exact) mass is 394 g/mol. The van der Waals surface area contributed by atoms with Gasteiger partial charge in [0.15, 0.2) is 5.69 Å². The molecule has 29 heavy (non-hydrogen) atoms. The minimum absolute atomic E-state index is 0.196. The maximum Gasteiger partial charge on any atom is 0.274 e. The van der Waals surface area contributed by atoms with Crippen molar-refractivity contribution in [1.29, 1.82) is 0 Å². The van der Waals surface area contributed by atoms with Crippen LogP contribution >= 0.6 is 0 Å². The molecule has 6 nitrogen and oxygen atoms in total. The Morgan fingerprint density at radius 3 is 2.55 bits per heavy atom. The number of methoxy groups -OCH3 is 1. The van der Waals surface area contributed by atoms with Gasteiger partial charge in [-0.1, -0.05) is 29.4 Å². The van der Waals surface area contributed by atoms with E-state index >= 15 is 0 Å². The first kappa shape index (κ1) is 20.5. The van der Waals surface area contributed by atoms with Crippen molar-refractivity contribution in [3.8, 4) is 11.5 Å². The Labute approximate surface area is 170 Å². The zero-order valence-electron chi connectivity index (χ0n) is 17.4. The molecule has 0 radical (unpaired) electrons. The van der Waals surface area contributed by atoms with Crippen molar-refractivity contribution >= 4 is 5.91 Å². The number of hydrogen-bond donors (Lipinski definition) is 1. The summed E-state index contributed by atoms with van der Waals surface area (Å²) in [5.74, 6) is 1.82. The molecule has 0 aliphatic rings. The van der Waals surface area contributed by atoms with Gasteiger partial charge in [0.2, 0.25) is 0 Å². The fourth-order valence-electron chi connectivity index (χ4n) is 3.01. The molecule has 0 saturated heterocycles. The summed E-state index contributed by atoms with van der Waals surface area (Å²) in [6.45, 7) is 7.94. The predicted molar refractivity (Wildman–Crippen MR) is 110 cm³/mol. The number of nitrogens with zero attached hydrogens (tertiary/aromatic N) is 1. The van der Waals surface area contributed by atoms with Gasteiger partial charge in [-0.3, -0.25) is 4.79 Å². The van der Waals surface area contributed by atoms with Crippen LogP contribution in [0.4, 0.5) is 0 Å². The third-order valence-electron chi connectivity index (χ3n) is 5.09. The van der Waals surface area contributed by atoms with E-state index in [4.69, 9.17) is 14.0 Å². The Bertz CT molecular complexity index is 993. The van der Waals surface area contributed by atoms with Gasteiger partial charge in [-0.15, -0.1) is 0 Å². The highest BCUT2D eigenvalue weighted by molar-refractivity contribution is 5.94. The number of aromatic nitrogens is 1. The molecule has 1 unspecified atom stereocenters. The summed E-state index contributed by atoms with van der Waals surface area (Å²) < 4.78 is 16.4. The molecular weight excluding hydrogens is 368 g/mol. The summed E-state index contributed by atoms with van der Waals surface area (Å²) in [7, 11) is 1.62. The van der Waals surface area contributed by atoms with E-state index in [0.717, 1.165) is 28.2 Å². The number of hydrogen-bond acceptors (Lipinski definition) is 5. The van der Waals surface area contributed by atoms with Crippen molar-refractivity contribution in [2.24, 2.45) is 0 Å². The van der Waals surface area contributed by atoms with E-state index in [9.17, 15) is 4.79 Å². The Balaban J connectivity index is 1.72. The molecule has 1 amide bonds. The summed E-state index contributed by atoms with van der Waals surface area (Å²) in [5.41, 5.74) is 4.07. The second-order valence-corrected chi connectivity index (χ2v) is 7.02. The molecule has 1 aromatic heterocycles. The number of carbonyl (C=O) groups excluding carboxylic acids is 1. The first-order chi connectivity index (χ1) is 13.9. The van der Waals surface area contributed by atoms with Crippen LogP contribution in [0.2, 0.25) is 0 Å². The lowest BCUT2D eigenvalue weighted by Crippen LogP contribution is -2.28. The van der Waals surface area contributed by atoms with Gasteiger partial charge in [0, 0.05) is 0 Å². The van der Waals surface area contributed by atoms with Crippen LogP contribution in [-0.4, -0.2) is 18.2 Å². The second-order valence-electron chi connectivity index (χ2n) is 7.02. The second kappa shape index (κ2) is 8.82. The van der Waals surface area contributed by atoms with E-state index < -0.39 is 0 Å². The Morgan fingerprint density at radius 1 is 1.14 bits per heavy atom. The first-order valence-electron chi connectivity index (χ1n) is 9.49. The van der Waals surface area contributed by atoms with Crippen molar-refractivity contribution in [2.45, 2.75) is 40.3 Å². The molecule has 152 valence electrons. The maximum absolute atomic E-state index is 12.8. The van der Waals surface area contributed by atoms with Gasteiger partial charge in [-0.05, 0) is 62.6 Å². The van der Waals surface area contributed by atoms with Gasteiger partial charge in [0.05, 0.1) is 18.7 Å². The van der Waals surface area contributed by atoms with Crippen LogP contribution < -0.4 is 14.8 Å². The zero-order chi connectivity index (χ0) is 21.0. The van der Waals surface area contributed by atoms with E-state index in [1.807, 2.05) is 63.2 Å². The van der Waals surface area contributed by atoms with Gasteiger partial charge in [-0.25, -0.2) is 0 Å². The maximum atomic E-state index is 12.8. The van der Waals surface area contributed by atoms with Crippen LogP contribution in [0.5, 0.6) is 11.5 Å². The number of carbonyl (C=O) groups is 1. The Hall–Kier alpha value is -3.28. The Kier molecular flexibility index (Phi) is 6.22. The number of amides is 1. The topological polar surface area (TPSA) is 73.6 Å². The van der Waals surface area contributed by atoms with Crippen LogP contribution in [0.25, 0.3) is 0 Å². The molecule has 0 fully saturated rings. The zero-order valence-corrected chi connectivity index (χ0v) is 17.4. The van der Waals surface area contributed by atoms with Gasteiger partial charge >= 0.3 is 0 Å². The largest absolute Gasteiger partial charge is 0.497 e. The molecule has 1 atom stereocenters. The summed E-state index contributed by atoms with van der Waals surface area (Å²) in [4.78, 5) is 12.8. The fraction of sp³-hybridized carbons (Fsp3) is 0.304. The SMILES string of the molecule is COc1ccc(C(C)NC(=O)c2noc(C)c2COc2cccc(C)c2C)cc1. The van der Waals surface area contributed by atoms with Crippen molar-refractivity contribution in [1.82, 2.24) is 10.5 Å². The average molecular weight is 394 g/mol. The lowest BCUT2D eigenvalue weighted by molar-refractivity contribution is 0.0928. The Morgan fingerprint density at radius 2 is 1.86 bits per heavy atom. The van der Waals surface area contributed by atoms with Crippen molar-refractivity contribution in [2.75, 3.05) is 7.11 Å². The third-order valence-corrected chi connectivity index (χ3v) is 5.09. The highest BCUT2D eigenvalue weighted by Crippen LogP contribution is 2.24. The molecule has 0 aliphatic heterocycles.